The van der Waals surface area contributed by atoms with Crippen LogP contribution in [0, 0.1) is 6.92 Å². The maximum Gasteiger partial charge on any atom is 0.227 e. The van der Waals surface area contributed by atoms with E-state index in [1.165, 1.54) is 0 Å². The standard InChI is InChI=1S/C25H29N7O/c1-17-12-19(22-10-11-26-24(30-22)29-21-14-27-31(5)16-21)7-6-18(17)8-9-23(33)20-13-28-32(15-20)25(2,3)4/h6-7,10-16H,8-9H2,1-5H3,(H,26,29,30). The zero-order chi connectivity index (χ0) is 23.6. The Kier molecular flexibility index (Phi) is 6.09. The van der Waals surface area contributed by atoms with E-state index in [2.05, 4.69) is 65.3 Å². The van der Waals surface area contributed by atoms with Crippen molar-refractivity contribution in [3.8, 4) is 11.3 Å². The minimum absolute atomic E-state index is 0.107. The second kappa shape index (κ2) is 8.97. The van der Waals surface area contributed by atoms with E-state index in [1.54, 1.807) is 23.3 Å². The first kappa shape index (κ1) is 22.4. The number of carbonyl (C=O) groups is 1. The highest BCUT2D eigenvalue weighted by atomic mass is 16.1. The number of carbonyl (C=O) groups excluding carboxylic acids is 1. The topological polar surface area (TPSA) is 90.5 Å². The SMILES string of the molecule is Cc1cc(-c2ccnc(Nc3cnn(C)c3)n2)ccc1CCC(=O)c1cnn(C(C)(C)C)c1. The Morgan fingerprint density at radius 2 is 1.91 bits per heavy atom. The number of nitrogens with zero attached hydrogens (tertiary/aromatic N) is 6. The van der Waals surface area contributed by atoms with Crippen LogP contribution in [0.4, 0.5) is 11.6 Å². The molecule has 170 valence electrons. The second-order valence-electron chi connectivity index (χ2n) is 9.20. The van der Waals surface area contributed by atoms with Crippen LogP contribution < -0.4 is 5.32 Å². The van der Waals surface area contributed by atoms with Crippen LogP contribution in [0.15, 0.2) is 55.2 Å². The van der Waals surface area contributed by atoms with E-state index in [-0.39, 0.29) is 11.3 Å². The molecule has 4 aromatic rings. The lowest BCUT2D eigenvalue weighted by Crippen LogP contribution is -2.22. The van der Waals surface area contributed by atoms with Gasteiger partial charge in [-0.25, -0.2) is 9.97 Å². The third-order valence-corrected chi connectivity index (χ3v) is 5.47. The maximum atomic E-state index is 12.7. The molecule has 0 radical (unpaired) electrons. The van der Waals surface area contributed by atoms with Gasteiger partial charge in [-0.1, -0.05) is 12.1 Å². The van der Waals surface area contributed by atoms with Crippen LogP contribution in [0.25, 0.3) is 11.3 Å². The Labute approximate surface area is 193 Å². The number of anilines is 2. The number of nitrogens with one attached hydrogen (secondary N) is 1. The van der Waals surface area contributed by atoms with E-state index < -0.39 is 0 Å². The lowest BCUT2D eigenvalue weighted by atomic mass is 9.98. The molecular formula is C25H29N7O. The molecule has 0 atom stereocenters. The van der Waals surface area contributed by atoms with E-state index >= 15 is 0 Å². The first-order chi connectivity index (χ1) is 15.7. The van der Waals surface area contributed by atoms with Gasteiger partial charge < -0.3 is 5.32 Å². The Hall–Kier alpha value is -3.81. The number of Topliss-reactive ketones (excluding diaryl/α,β-unsaturated/α-hetero) is 1. The summed E-state index contributed by atoms with van der Waals surface area (Å²) in [5.41, 5.74) is 5.47. The summed E-state index contributed by atoms with van der Waals surface area (Å²) < 4.78 is 3.55. The molecule has 3 heterocycles. The largest absolute Gasteiger partial charge is 0.321 e. The summed E-state index contributed by atoms with van der Waals surface area (Å²) in [4.78, 5) is 21.6. The molecule has 0 bridgehead atoms. The highest BCUT2D eigenvalue weighted by Gasteiger charge is 2.17. The molecule has 0 saturated carbocycles. The summed E-state index contributed by atoms with van der Waals surface area (Å²) >= 11 is 0. The predicted molar refractivity (Wildman–Crippen MR) is 129 cm³/mol. The van der Waals surface area contributed by atoms with Crippen molar-refractivity contribution < 1.29 is 4.79 Å². The van der Waals surface area contributed by atoms with Gasteiger partial charge in [-0.3, -0.25) is 14.2 Å². The fourth-order valence-corrected chi connectivity index (χ4v) is 3.56. The van der Waals surface area contributed by atoms with E-state index in [1.807, 2.05) is 36.3 Å². The van der Waals surface area contributed by atoms with Gasteiger partial charge in [-0.15, -0.1) is 0 Å². The highest BCUT2D eigenvalue weighted by molar-refractivity contribution is 5.95. The van der Waals surface area contributed by atoms with Gasteiger partial charge in [0.2, 0.25) is 5.95 Å². The molecule has 1 aromatic carbocycles. The summed E-state index contributed by atoms with van der Waals surface area (Å²) in [6, 6.07) is 8.11. The van der Waals surface area contributed by atoms with Crippen molar-refractivity contribution in [2.45, 2.75) is 46.1 Å². The fourth-order valence-electron chi connectivity index (χ4n) is 3.56. The van der Waals surface area contributed by atoms with Crippen LogP contribution in [0.5, 0.6) is 0 Å². The van der Waals surface area contributed by atoms with Crippen molar-refractivity contribution >= 4 is 17.4 Å². The van der Waals surface area contributed by atoms with Crippen molar-refractivity contribution in [2.75, 3.05) is 5.32 Å². The second-order valence-corrected chi connectivity index (χ2v) is 9.20. The number of aryl methyl sites for hydroxylation is 3. The molecule has 3 aromatic heterocycles. The molecule has 33 heavy (non-hydrogen) atoms. The number of benzene rings is 1. The lowest BCUT2D eigenvalue weighted by Gasteiger charge is -2.18. The molecule has 4 rings (SSSR count). The Morgan fingerprint density at radius 1 is 1.09 bits per heavy atom. The molecule has 0 aliphatic rings. The minimum Gasteiger partial charge on any atom is -0.321 e. The highest BCUT2D eigenvalue weighted by Crippen LogP contribution is 2.23. The average Bonchev–Trinajstić information content (AvgIpc) is 3.42. The molecule has 0 saturated heterocycles. The van der Waals surface area contributed by atoms with Crippen molar-refractivity contribution in [3.05, 3.63) is 71.9 Å². The lowest BCUT2D eigenvalue weighted by molar-refractivity contribution is 0.0982. The monoisotopic (exact) mass is 443 g/mol. The molecule has 0 spiro atoms. The van der Waals surface area contributed by atoms with Crippen molar-refractivity contribution in [1.82, 2.24) is 29.5 Å². The van der Waals surface area contributed by atoms with E-state index in [0.717, 1.165) is 28.1 Å². The van der Waals surface area contributed by atoms with Gasteiger partial charge >= 0.3 is 0 Å². The third-order valence-electron chi connectivity index (χ3n) is 5.47. The van der Waals surface area contributed by atoms with Crippen LogP contribution in [-0.4, -0.2) is 35.3 Å². The molecule has 0 fully saturated rings. The summed E-state index contributed by atoms with van der Waals surface area (Å²) in [7, 11) is 1.86. The normalized spacial score (nSPS) is 11.5. The molecule has 0 aliphatic heterocycles. The number of aromatic nitrogens is 6. The molecule has 1 N–H and O–H groups in total. The number of hydrogen-bond acceptors (Lipinski definition) is 6. The summed E-state index contributed by atoms with van der Waals surface area (Å²) in [6.45, 7) is 8.26. The van der Waals surface area contributed by atoms with Crippen molar-refractivity contribution in [2.24, 2.45) is 7.05 Å². The Morgan fingerprint density at radius 3 is 2.58 bits per heavy atom. The van der Waals surface area contributed by atoms with Crippen LogP contribution in [-0.2, 0) is 19.0 Å². The molecule has 0 amide bonds. The van der Waals surface area contributed by atoms with Crippen LogP contribution in [0.1, 0.15) is 48.7 Å². The maximum absolute atomic E-state index is 12.7. The molecule has 8 heteroatoms. The van der Waals surface area contributed by atoms with Gasteiger partial charge in [0.25, 0.3) is 0 Å². The smallest absolute Gasteiger partial charge is 0.227 e. The zero-order valence-electron chi connectivity index (χ0n) is 19.7. The van der Waals surface area contributed by atoms with Gasteiger partial charge in [-0.05, 0) is 57.4 Å². The molecule has 0 unspecified atom stereocenters. The number of rotatable bonds is 7. The Bertz CT molecular complexity index is 1280. The predicted octanol–water partition coefficient (Wildman–Crippen LogP) is 4.70. The zero-order valence-corrected chi connectivity index (χ0v) is 19.7. The summed E-state index contributed by atoms with van der Waals surface area (Å²) in [5.74, 6) is 0.625. The summed E-state index contributed by atoms with van der Waals surface area (Å²) in [5, 5.41) is 11.7. The van der Waals surface area contributed by atoms with Crippen LogP contribution in [0.2, 0.25) is 0 Å². The van der Waals surface area contributed by atoms with Gasteiger partial charge in [0.15, 0.2) is 5.78 Å². The minimum atomic E-state index is -0.140. The van der Waals surface area contributed by atoms with Crippen LogP contribution >= 0.6 is 0 Å². The summed E-state index contributed by atoms with van der Waals surface area (Å²) in [6.07, 6.45) is 9.96. The van der Waals surface area contributed by atoms with Crippen molar-refractivity contribution in [1.29, 1.82) is 0 Å². The molecular weight excluding hydrogens is 414 g/mol. The molecule has 0 aliphatic carbocycles. The van der Waals surface area contributed by atoms with Gasteiger partial charge in [-0.2, -0.15) is 10.2 Å². The first-order valence-corrected chi connectivity index (χ1v) is 11.0. The van der Waals surface area contributed by atoms with E-state index in [0.29, 0.717) is 24.4 Å². The number of ketones is 1. The average molecular weight is 444 g/mol. The van der Waals surface area contributed by atoms with Gasteiger partial charge in [0, 0.05) is 37.6 Å². The van der Waals surface area contributed by atoms with Crippen molar-refractivity contribution in [3.63, 3.8) is 0 Å². The Balaban J connectivity index is 1.43. The molecule has 8 nitrogen and oxygen atoms in total. The third kappa shape index (κ3) is 5.34. The first-order valence-electron chi connectivity index (χ1n) is 11.0. The van der Waals surface area contributed by atoms with E-state index in [4.69, 9.17) is 0 Å². The van der Waals surface area contributed by atoms with Crippen LogP contribution in [0.3, 0.4) is 0 Å². The van der Waals surface area contributed by atoms with E-state index in [9.17, 15) is 4.79 Å². The fraction of sp³-hybridized carbons (Fsp3) is 0.320. The quantitative estimate of drug-likeness (QED) is 0.417. The number of hydrogen-bond donors (Lipinski definition) is 1. The van der Waals surface area contributed by atoms with Gasteiger partial charge in [0.05, 0.1) is 34.9 Å². The van der Waals surface area contributed by atoms with Gasteiger partial charge in [0.1, 0.15) is 0 Å².